The molecule has 0 aliphatic rings. The van der Waals surface area contributed by atoms with Crippen molar-refractivity contribution in [2.45, 2.75) is 19.9 Å². The lowest BCUT2D eigenvalue weighted by Crippen LogP contribution is -2.14. The second-order valence-corrected chi connectivity index (χ2v) is 4.44. The highest BCUT2D eigenvalue weighted by molar-refractivity contribution is 5.65. The number of hydrogen-bond donors (Lipinski definition) is 1. The molecule has 0 atom stereocenters. The Bertz CT molecular complexity index is 511. The largest absolute Gasteiger partial charge is 0.496 e. The van der Waals surface area contributed by atoms with Crippen LogP contribution >= 0.6 is 0 Å². The van der Waals surface area contributed by atoms with Gasteiger partial charge in [-0.15, -0.1) is 0 Å². The zero-order valence-electron chi connectivity index (χ0n) is 11.5. The highest BCUT2D eigenvalue weighted by atomic mass is 16.5. The van der Waals surface area contributed by atoms with Gasteiger partial charge >= 0.3 is 0 Å². The van der Waals surface area contributed by atoms with Gasteiger partial charge in [-0.1, -0.05) is 13.0 Å². The molecule has 2 aromatic rings. The van der Waals surface area contributed by atoms with Gasteiger partial charge in [0.2, 0.25) is 0 Å². The van der Waals surface area contributed by atoms with Crippen molar-refractivity contribution < 1.29 is 4.74 Å². The number of hydrogen-bond acceptors (Lipinski definition) is 3. The van der Waals surface area contributed by atoms with Crippen LogP contribution in [0.1, 0.15) is 18.9 Å². The summed E-state index contributed by atoms with van der Waals surface area (Å²) in [5.41, 5.74) is 3.55. The topological polar surface area (TPSA) is 34.2 Å². The number of rotatable bonds is 6. The van der Waals surface area contributed by atoms with E-state index in [1.807, 2.05) is 30.6 Å². The second-order valence-electron chi connectivity index (χ2n) is 4.44. The van der Waals surface area contributed by atoms with Crippen LogP contribution in [0.15, 0.2) is 42.7 Å². The number of aromatic nitrogens is 1. The molecule has 19 heavy (non-hydrogen) atoms. The summed E-state index contributed by atoms with van der Waals surface area (Å²) in [5, 5.41) is 3.41. The van der Waals surface area contributed by atoms with Crippen LogP contribution in [-0.2, 0) is 6.54 Å². The Kier molecular flexibility index (Phi) is 4.93. The van der Waals surface area contributed by atoms with E-state index in [0.717, 1.165) is 25.3 Å². The summed E-state index contributed by atoms with van der Waals surface area (Å²) in [7, 11) is 1.71. The van der Waals surface area contributed by atoms with Gasteiger partial charge in [0.05, 0.1) is 7.11 Å². The predicted octanol–water partition coefficient (Wildman–Crippen LogP) is 3.26. The van der Waals surface area contributed by atoms with Crippen molar-refractivity contribution in [3.05, 3.63) is 48.3 Å². The van der Waals surface area contributed by atoms with Gasteiger partial charge in [0.15, 0.2) is 0 Å². The first-order valence-corrected chi connectivity index (χ1v) is 6.63. The molecule has 2 rings (SSSR count). The summed E-state index contributed by atoms with van der Waals surface area (Å²) in [6.07, 6.45) is 4.76. The van der Waals surface area contributed by atoms with Crippen molar-refractivity contribution in [3.8, 4) is 16.9 Å². The van der Waals surface area contributed by atoms with Crippen molar-refractivity contribution in [1.29, 1.82) is 0 Å². The summed E-state index contributed by atoms with van der Waals surface area (Å²) in [4.78, 5) is 4.05. The number of pyridine rings is 1. The van der Waals surface area contributed by atoms with E-state index in [9.17, 15) is 0 Å². The molecular weight excluding hydrogens is 236 g/mol. The van der Waals surface area contributed by atoms with Crippen LogP contribution in [0.4, 0.5) is 0 Å². The summed E-state index contributed by atoms with van der Waals surface area (Å²) >= 11 is 0. The Morgan fingerprint density at radius 1 is 1.11 bits per heavy atom. The number of benzene rings is 1. The average molecular weight is 256 g/mol. The molecule has 1 N–H and O–H groups in total. The zero-order chi connectivity index (χ0) is 13.5. The lowest BCUT2D eigenvalue weighted by Gasteiger charge is -2.11. The molecule has 0 spiro atoms. The van der Waals surface area contributed by atoms with Crippen LogP contribution in [0.5, 0.6) is 5.75 Å². The lowest BCUT2D eigenvalue weighted by molar-refractivity contribution is 0.408. The maximum atomic E-state index is 5.41. The molecular formula is C16H20N2O. The molecule has 0 unspecified atom stereocenters. The summed E-state index contributed by atoms with van der Waals surface area (Å²) in [6, 6.07) is 10.3. The van der Waals surface area contributed by atoms with Crippen LogP contribution < -0.4 is 10.1 Å². The normalized spacial score (nSPS) is 10.4. The zero-order valence-corrected chi connectivity index (χ0v) is 11.5. The van der Waals surface area contributed by atoms with E-state index < -0.39 is 0 Å². The Morgan fingerprint density at radius 3 is 2.58 bits per heavy atom. The maximum absolute atomic E-state index is 5.41. The van der Waals surface area contributed by atoms with E-state index in [1.54, 1.807) is 7.11 Å². The molecule has 0 bridgehead atoms. The highest BCUT2D eigenvalue weighted by Crippen LogP contribution is 2.26. The molecule has 0 saturated carbocycles. The molecule has 0 saturated heterocycles. The molecule has 0 amide bonds. The summed E-state index contributed by atoms with van der Waals surface area (Å²) in [6.45, 7) is 4.01. The predicted molar refractivity (Wildman–Crippen MR) is 78.2 cm³/mol. The molecule has 3 heteroatoms. The fraction of sp³-hybridized carbons (Fsp3) is 0.312. The molecule has 0 aliphatic carbocycles. The Balaban J connectivity index is 2.25. The van der Waals surface area contributed by atoms with Gasteiger partial charge in [-0.3, -0.25) is 4.98 Å². The standard InChI is InChI=1S/C16H20N2O/c1-3-8-18-12-15-11-14(4-5-16(15)19-2)13-6-9-17-10-7-13/h4-7,9-11,18H,3,8,12H2,1-2H3. The van der Waals surface area contributed by atoms with Crippen molar-refractivity contribution in [2.75, 3.05) is 13.7 Å². The first-order chi connectivity index (χ1) is 9.35. The molecule has 0 aliphatic heterocycles. The molecule has 1 aromatic carbocycles. The summed E-state index contributed by atoms with van der Waals surface area (Å²) < 4.78 is 5.41. The van der Waals surface area contributed by atoms with E-state index in [2.05, 4.69) is 29.4 Å². The first kappa shape index (κ1) is 13.6. The third kappa shape index (κ3) is 3.55. The Morgan fingerprint density at radius 2 is 1.89 bits per heavy atom. The lowest BCUT2D eigenvalue weighted by atomic mass is 10.0. The van der Waals surface area contributed by atoms with E-state index in [-0.39, 0.29) is 0 Å². The van der Waals surface area contributed by atoms with Crippen LogP contribution in [0, 0.1) is 0 Å². The monoisotopic (exact) mass is 256 g/mol. The molecule has 0 fully saturated rings. The minimum atomic E-state index is 0.829. The molecule has 100 valence electrons. The number of nitrogens with one attached hydrogen (secondary N) is 1. The quantitative estimate of drug-likeness (QED) is 0.806. The third-order valence-corrected chi connectivity index (χ3v) is 3.04. The number of nitrogens with zero attached hydrogens (tertiary/aromatic N) is 1. The highest BCUT2D eigenvalue weighted by Gasteiger charge is 2.05. The third-order valence-electron chi connectivity index (χ3n) is 3.04. The SMILES string of the molecule is CCCNCc1cc(-c2ccncc2)ccc1OC. The van der Waals surface area contributed by atoms with Crippen molar-refractivity contribution in [2.24, 2.45) is 0 Å². The minimum absolute atomic E-state index is 0.829. The van der Waals surface area contributed by atoms with Gasteiger partial charge in [-0.25, -0.2) is 0 Å². The fourth-order valence-electron chi connectivity index (χ4n) is 2.04. The fourth-order valence-corrected chi connectivity index (χ4v) is 2.04. The molecule has 0 radical (unpaired) electrons. The average Bonchev–Trinajstić information content (AvgIpc) is 2.48. The smallest absolute Gasteiger partial charge is 0.123 e. The first-order valence-electron chi connectivity index (χ1n) is 6.63. The van der Waals surface area contributed by atoms with Crippen LogP contribution in [0.2, 0.25) is 0 Å². The van der Waals surface area contributed by atoms with Gasteiger partial charge in [-0.2, -0.15) is 0 Å². The van der Waals surface area contributed by atoms with Crippen LogP contribution in [0.25, 0.3) is 11.1 Å². The van der Waals surface area contributed by atoms with Crippen molar-refractivity contribution in [3.63, 3.8) is 0 Å². The van der Waals surface area contributed by atoms with Gasteiger partial charge < -0.3 is 10.1 Å². The number of methoxy groups -OCH3 is 1. The van der Waals surface area contributed by atoms with Crippen LogP contribution in [0.3, 0.4) is 0 Å². The van der Waals surface area contributed by atoms with E-state index in [0.29, 0.717) is 0 Å². The minimum Gasteiger partial charge on any atom is -0.496 e. The van der Waals surface area contributed by atoms with Crippen molar-refractivity contribution in [1.82, 2.24) is 10.3 Å². The molecule has 1 aromatic heterocycles. The van der Waals surface area contributed by atoms with Gasteiger partial charge in [-0.05, 0) is 48.4 Å². The molecule has 3 nitrogen and oxygen atoms in total. The second kappa shape index (κ2) is 6.90. The van der Waals surface area contributed by atoms with Crippen LogP contribution in [-0.4, -0.2) is 18.6 Å². The van der Waals surface area contributed by atoms with Gasteiger partial charge in [0.25, 0.3) is 0 Å². The molecule has 1 heterocycles. The van der Waals surface area contributed by atoms with Gasteiger partial charge in [0, 0.05) is 24.5 Å². The van der Waals surface area contributed by atoms with E-state index in [1.165, 1.54) is 16.7 Å². The Labute approximate surface area is 114 Å². The summed E-state index contributed by atoms with van der Waals surface area (Å²) in [5.74, 6) is 0.932. The van der Waals surface area contributed by atoms with E-state index >= 15 is 0 Å². The van der Waals surface area contributed by atoms with Gasteiger partial charge in [0.1, 0.15) is 5.75 Å². The Hall–Kier alpha value is -1.87. The van der Waals surface area contributed by atoms with Crippen molar-refractivity contribution >= 4 is 0 Å². The van der Waals surface area contributed by atoms with E-state index in [4.69, 9.17) is 4.74 Å². The number of ether oxygens (including phenoxy) is 1. The maximum Gasteiger partial charge on any atom is 0.123 e.